The van der Waals surface area contributed by atoms with E-state index in [1.54, 1.807) is 11.8 Å². The summed E-state index contributed by atoms with van der Waals surface area (Å²) in [5.41, 5.74) is 0.999. The van der Waals surface area contributed by atoms with Crippen LogP contribution in [0, 0.1) is 5.92 Å². The first-order valence-corrected chi connectivity index (χ1v) is 6.89. The Labute approximate surface area is 124 Å². The Hall–Kier alpha value is -1.92. The number of aliphatic hydroxyl groups is 1. The largest absolute Gasteiger partial charge is 0.481 e. The number of aliphatic carboxylic acids is 1. The van der Waals surface area contributed by atoms with E-state index in [2.05, 4.69) is 5.32 Å². The highest BCUT2D eigenvalue weighted by Gasteiger charge is 2.17. The molecule has 0 radical (unpaired) electrons. The molecule has 1 aromatic rings. The number of carbonyl (C=O) groups is 2. The van der Waals surface area contributed by atoms with Crippen LogP contribution in [0.5, 0.6) is 0 Å². The molecule has 0 aliphatic heterocycles. The summed E-state index contributed by atoms with van der Waals surface area (Å²) >= 11 is 0. The van der Waals surface area contributed by atoms with Gasteiger partial charge in [0.15, 0.2) is 0 Å². The maximum Gasteiger partial charge on any atom is 0.307 e. The predicted octanol–water partition coefficient (Wildman–Crippen LogP) is 0.318. The topological polar surface area (TPSA) is 89.9 Å². The lowest BCUT2D eigenvalue weighted by atomic mass is 10.1. The lowest BCUT2D eigenvalue weighted by Gasteiger charge is -2.22. The van der Waals surface area contributed by atoms with Gasteiger partial charge in [-0.05, 0) is 5.56 Å². The van der Waals surface area contributed by atoms with Gasteiger partial charge in [0.2, 0.25) is 5.91 Å². The van der Waals surface area contributed by atoms with Crippen molar-refractivity contribution in [2.45, 2.75) is 13.5 Å². The van der Waals surface area contributed by atoms with Crippen LogP contribution in [-0.2, 0) is 16.1 Å². The molecular weight excluding hydrogens is 272 g/mol. The minimum atomic E-state index is -0.914. The highest BCUT2D eigenvalue weighted by molar-refractivity contribution is 5.78. The van der Waals surface area contributed by atoms with Crippen molar-refractivity contribution in [1.82, 2.24) is 10.2 Å². The van der Waals surface area contributed by atoms with Crippen LogP contribution >= 0.6 is 0 Å². The van der Waals surface area contributed by atoms with Crippen molar-refractivity contribution in [1.29, 1.82) is 0 Å². The van der Waals surface area contributed by atoms with E-state index in [-0.39, 0.29) is 32.1 Å². The number of benzene rings is 1. The number of aliphatic hydroxyl groups excluding tert-OH is 1. The minimum Gasteiger partial charge on any atom is -0.481 e. The van der Waals surface area contributed by atoms with E-state index in [0.29, 0.717) is 6.54 Å². The molecule has 1 unspecified atom stereocenters. The maximum absolute atomic E-state index is 11.9. The van der Waals surface area contributed by atoms with Crippen LogP contribution in [0.3, 0.4) is 0 Å². The second-order valence-electron chi connectivity index (χ2n) is 4.96. The number of rotatable bonds is 9. The van der Waals surface area contributed by atoms with Crippen molar-refractivity contribution in [3.63, 3.8) is 0 Å². The Morgan fingerprint density at radius 2 is 1.95 bits per heavy atom. The molecule has 0 heterocycles. The number of nitrogens with zero attached hydrogens (tertiary/aromatic N) is 1. The Kier molecular flexibility index (Phi) is 7.42. The summed E-state index contributed by atoms with van der Waals surface area (Å²) in [6.07, 6.45) is 0. The number of hydrogen-bond donors (Lipinski definition) is 3. The Morgan fingerprint density at radius 1 is 1.29 bits per heavy atom. The van der Waals surface area contributed by atoms with Gasteiger partial charge in [0, 0.05) is 19.6 Å². The summed E-state index contributed by atoms with van der Waals surface area (Å²) in [6, 6.07) is 9.53. The molecule has 0 bridgehead atoms. The summed E-state index contributed by atoms with van der Waals surface area (Å²) in [6.45, 7) is 2.48. The average molecular weight is 294 g/mol. The van der Waals surface area contributed by atoms with Crippen LogP contribution < -0.4 is 5.32 Å². The summed E-state index contributed by atoms with van der Waals surface area (Å²) in [5.74, 6) is -1.69. The van der Waals surface area contributed by atoms with Gasteiger partial charge in [0.1, 0.15) is 0 Å². The summed E-state index contributed by atoms with van der Waals surface area (Å²) in [5, 5.41) is 20.7. The van der Waals surface area contributed by atoms with Crippen molar-refractivity contribution >= 4 is 11.9 Å². The third-order valence-electron chi connectivity index (χ3n) is 3.07. The summed E-state index contributed by atoms with van der Waals surface area (Å²) in [4.78, 5) is 24.4. The molecule has 21 heavy (non-hydrogen) atoms. The van der Waals surface area contributed by atoms with Crippen molar-refractivity contribution < 1.29 is 19.8 Å². The van der Waals surface area contributed by atoms with Gasteiger partial charge >= 0.3 is 5.97 Å². The zero-order chi connectivity index (χ0) is 15.7. The van der Waals surface area contributed by atoms with E-state index in [9.17, 15) is 9.59 Å². The van der Waals surface area contributed by atoms with E-state index < -0.39 is 11.9 Å². The van der Waals surface area contributed by atoms with Gasteiger partial charge < -0.3 is 15.5 Å². The van der Waals surface area contributed by atoms with Crippen molar-refractivity contribution in [3.8, 4) is 0 Å². The normalized spacial score (nSPS) is 12.1. The maximum atomic E-state index is 11.9. The molecule has 6 nitrogen and oxygen atoms in total. The van der Waals surface area contributed by atoms with Gasteiger partial charge in [-0.15, -0.1) is 0 Å². The molecule has 3 N–H and O–H groups in total. The molecule has 0 saturated carbocycles. The van der Waals surface area contributed by atoms with E-state index >= 15 is 0 Å². The standard InChI is InChI=1S/C15H22N2O4/c1-12(15(20)21)10-17(7-8-18)11-14(19)16-9-13-5-3-2-4-6-13/h2-6,12,18H,7-11H2,1H3,(H,16,19)(H,20,21). The SMILES string of the molecule is CC(CN(CCO)CC(=O)NCc1ccccc1)C(=O)O. The van der Waals surface area contributed by atoms with Crippen molar-refractivity contribution in [2.75, 3.05) is 26.2 Å². The first kappa shape index (κ1) is 17.1. The third kappa shape index (κ3) is 6.87. The Bertz CT molecular complexity index is 450. The van der Waals surface area contributed by atoms with E-state index in [4.69, 9.17) is 10.2 Å². The van der Waals surface area contributed by atoms with Crippen LogP contribution in [-0.4, -0.2) is 53.2 Å². The Balaban J connectivity index is 2.42. The zero-order valence-corrected chi connectivity index (χ0v) is 12.2. The quantitative estimate of drug-likeness (QED) is 0.610. The molecule has 1 atom stereocenters. The number of hydrogen-bond acceptors (Lipinski definition) is 4. The number of amides is 1. The lowest BCUT2D eigenvalue weighted by Crippen LogP contribution is -2.41. The summed E-state index contributed by atoms with van der Waals surface area (Å²) < 4.78 is 0. The highest BCUT2D eigenvalue weighted by atomic mass is 16.4. The van der Waals surface area contributed by atoms with Crippen LogP contribution in [0.1, 0.15) is 12.5 Å². The summed E-state index contributed by atoms with van der Waals surface area (Å²) in [7, 11) is 0. The molecule has 0 aliphatic rings. The van der Waals surface area contributed by atoms with Crippen LogP contribution in [0.25, 0.3) is 0 Å². The van der Waals surface area contributed by atoms with Gasteiger partial charge in [0.05, 0.1) is 19.1 Å². The van der Waals surface area contributed by atoms with Crippen LogP contribution in [0.2, 0.25) is 0 Å². The Morgan fingerprint density at radius 3 is 2.52 bits per heavy atom. The first-order chi connectivity index (χ1) is 10.0. The van der Waals surface area contributed by atoms with E-state index in [1.165, 1.54) is 0 Å². The molecule has 0 aliphatic carbocycles. The first-order valence-electron chi connectivity index (χ1n) is 6.89. The van der Waals surface area contributed by atoms with Gasteiger partial charge in [-0.25, -0.2) is 0 Å². The smallest absolute Gasteiger partial charge is 0.307 e. The molecule has 0 aromatic heterocycles. The minimum absolute atomic E-state index is 0.0744. The van der Waals surface area contributed by atoms with E-state index in [0.717, 1.165) is 5.56 Å². The van der Waals surface area contributed by atoms with Crippen molar-refractivity contribution in [2.24, 2.45) is 5.92 Å². The molecule has 0 spiro atoms. The number of nitrogens with one attached hydrogen (secondary N) is 1. The van der Waals surface area contributed by atoms with E-state index in [1.807, 2.05) is 30.3 Å². The van der Waals surface area contributed by atoms with Crippen LogP contribution in [0.15, 0.2) is 30.3 Å². The number of carbonyl (C=O) groups excluding carboxylic acids is 1. The zero-order valence-electron chi connectivity index (χ0n) is 12.2. The highest BCUT2D eigenvalue weighted by Crippen LogP contribution is 2.01. The fraction of sp³-hybridized carbons (Fsp3) is 0.467. The molecule has 116 valence electrons. The molecule has 1 rings (SSSR count). The average Bonchev–Trinajstić information content (AvgIpc) is 2.46. The van der Waals surface area contributed by atoms with Crippen LogP contribution in [0.4, 0.5) is 0 Å². The predicted molar refractivity (Wildman–Crippen MR) is 78.6 cm³/mol. The molecule has 1 aromatic carbocycles. The molecule has 0 saturated heterocycles. The van der Waals surface area contributed by atoms with Gasteiger partial charge in [-0.1, -0.05) is 37.3 Å². The van der Waals surface area contributed by atoms with Gasteiger partial charge in [-0.2, -0.15) is 0 Å². The molecule has 1 amide bonds. The third-order valence-corrected chi connectivity index (χ3v) is 3.07. The van der Waals surface area contributed by atoms with Gasteiger partial charge in [-0.3, -0.25) is 14.5 Å². The number of carboxylic acid groups (broad SMARTS) is 1. The lowest BCUT2D eigenvalue weighted by molar-refractivity contribution is -0.142. The molecule has 0 fully saturated rings. The van der Waals surface area contributed by atoms with Gasteiger partial charge in [0.25, 0.3) is 0 Å². The monoisotopic (exact) mass is 294 g/mol. The van der Waals surface area contributed by atoms with Crippen molar-refractivity contribution in [3.05, 3.63) is 35.9 Å². The fourth-order valence-electron chi connectivity index (χ4n) is 1.90. The molecule has 6 heteroatoms. The fourth-order valence-corrected chi connectivity index (χ4v) is 1.90. The number of carboxylic acids is 1. The second kappa shape index (κ2) is 9.10. The molecular formula is C15H22N2O4. The second-order valence-corrected chi connectivity index (χ2v) is 4.96.